The van der Waals surface area contributed by atoms with Gasteiger partial charge in [0, 0.05) is 24.8 Å². The molecule has 0 radical (unpaired) electrons. The van der Waals surface area contributed by atoms with Gasteiger partial charge in [-0.3, -0.25) is 9.59 Å². The SMILES string of the molecule is CN1C(=O)Cc2cc(S(=O)(=O)CCC(=O)Nc3ccc(F)cc3)ccc21. The molecule has 3 rings (SSSR count). The number of nitrogens with one attached hydrogen (secondary N) is 1. The van der Waals surface area contributed by atoms with E-state index in [1.54, 1.807) is 13.1 Å². The van der Waals surface area contributed by atoms with Crippen LogP contribution in [0.1, 0.15) is 12.0 Å². The van der Waals surface area contributed by atoms with Gasteiger partial charge in [-0.25, -0.2) is 12.8 Å². The van der Waals surface area contributed by atoms with Crippen molar-refractivity contribution in [2.75, 3.05) is 23.0 Å². The van der Waals surface area contributed by atoms with Gasteiger partial charge in [-0.1, -0.05) is 0 Å². The van der Waals surface area contributed by atoms with Gasteiger partial charge in [-0.2, -0.15) is 0 Å². The summed E-state index contributed by atoms with van der Waals surface area (Å²) in [6, 6.07) is 9.74. The normalized spacial score (nSPS) is 13.6. The molecule has 0 unspecified atom stereocenters. The largest absolute Gasteiger partial charge is 0.326 e. The molecule has 1 N–H and O–H groups in total. The van der Waals surface area contributed by atoms with Crippen LogP contribution in [0.25, 0.3) is 0 Å². The van der Waals surface area contributed by atoms with Gasteiger partial charge >= 0.3 is 0 Å². The van der Waals surface area contributed by atoms with Crippen LogP contribution in [0.4, 0.5) is 15.8 Å². The van der Waals surface area contributed by atoms with Crippen molar-refractivity contribution in [3.05, 3.63) is 53.8 Å². The molecule has 0 atom stereocenters. The molecule has 0 fully saturated rings. The standard InChI is InChI=1S/C18H17FN2O4S/c1-21-16-7-6-15(10-12(16)11-18(21)23)26(24,25)9-8-17(22)20-14-4-2-13(19)3-5-14/h2-7,10H,8-9,11H2,1H3,(H,20,22). The van der Waals surface area contributed by atoms with Crippen molar-refractivity contribution in [2.24, 2.45) is 0 Å². The van der Waals surface area contributed by atoms with Crippen LogP contribution in [0.3, 0.4) is 0 Å². The van der Waals surface area contributed by atoms with Gasteiger partial charge in [0.25, 0.3) is 0 Å². The van der Waals surface area contributed by atoms with Gasteiger partial charge in [-0.05, 0) is 48.0 Å². The average Bonchev–Trinajstić information content (AvgIpc) is 2.89. The third-order valence-corrected chi connectivity index (χ3v) is 5.93. The van der Waals surface area contributed by atoms with Crippen molar-refractivity contribution in [2.45, 2.75) is 17.7 Å². The van der Waals surface area contributed by atoms with Crippen molar-refractivity contribution >= 4 is 33.0 Å². The van der Waals surface area contributed by atoms with Crippen molar-refractivity contribution < 1.29 is 22.4 Å². The zero-order chi connectivity index (χ0) is 18.9. The van der Waals surface area contributed by atoms with E-state index in [4.69, 9.17) is 0 Å². The first-order valence-corrected chi connectivity index (χ1v) is 9.59. The second kappa shape index (κ2) is 6.87. The topological polar surface area (TPSA) is 83.6 Å². The molecular formula is C18H17FN2O4S. The summed E-state index contributed by atoms with van der Waals surface area (Å²) in [5.41, 5.74) is 1.75. The monoisotopic (exact) mass is 376 g/mol. The summed E-state index contributed by atoms with van der Waals surface area (Å²) < 4.78 is 37.8. The number of carbonyl (C=O) groups is 2. The number of benzene rings is 2. The van der Waals surface area contributed by atoms with Crippen LogP contribution in [0.5, 0.6) is 0 Å². The molecule has 2 aromatic carbocycles. The van der Waals surface area contributed by atoms with Gasteiger partial charge < -0.3 is 10.2 Å². The molecule has 6 nitrogen and oxygen atoms in total. The van der Waals surface area contributed by atoms with E-state index in [1.807, 2.05) is 0 Å². The number of anilines is 2. The number of carbonyl (C=O) groups excluding carboxylic acids is 2. The highest BCUT2D eigenvalue weighted by Crippen LogP contribution is 2.30. The molecule has 0 saturated heterocycles. The van der Waals surface area contributed by atoms with Crippen LogP contribution >= 0.6 is 0 Å². The molecular weight excluding hydrogens is 359 g/mol. The van der Waals surface area contributed by atoms with Gasteiger partial charge in [-0.15, -0.1) is 0 Å². The Hall–Kier alpha value is -2.74. The Morgan fingerprint density at radius 1 is 1.19 bits per heavy atom. The Kier molecular flexibility index (Phi) is 4.78. The van der Waals surface area contributed by atoms with Crippen molar-refractivity contribution in [1.82, 2.24) is 0 Å². The summed E-state index contributed by atoms with van der Waals surface area (Å²) in [6.07, 6.45) is -0.0596. The third-order valence-electron chi connectivity index (χ3n) is 4.21. The molecule has 2 amide bonds. The van der Waals surface area contributed by atoms with Gasteiger partial charge in [0.2, 0.25) is 11.8 Å². The van der Waals surface area contributed by atoms with Gasteiger partial charge in [0.05, 0.1) is 17.1 Å². The van der Waals surface area contributed by atoms with E-state index >= 15 is 0 Å². The first-order valence-electron chi connectivity index (χ1n) is 7.94. The molecule has 136 valence electrons. The number of hydrogen-bond acceptors (Lipinski definition) is 4. The average molecular weight is 376 g/mol. The fraction of sp³-hybridized carbons (Fsp3) is 0.222. The quantitative estimate of drug-likeness (QED) is 0.867. The minimum absolute atomic E-state index is 0.0896. The fourth-order valence-corrected chi connectivity index (χ4v) is 4.03. The number of halogens is 1. The van der Waals surface area contributed by atoms with Crippen LogP contribution < -0.4 is 10.2 Å². The Morgan fingerprint density at radius 2 is 1.88 bits per heavy atom. The lowest BCUT2D eigenvalue weighted by Crippen LogP contribution is -2.20. The first-order chi connectivity index (χ1) is 12.3. The lowest BCUT2D eigenvalue weighted by molar-refractivity contribution is -0.117. The molecule has 1 heterocycles. The highest BCUT2D eigenvalue weighted by molar-refractivity contribution is 7.91. The lowest BCUT2D eigenvalue weighted by atomic mass is 10.2. The molecule has 8 heteroatoms. The van der Waals surface area contributed by atoms with Crippen molar-refractivity contribution in [3.63, 3.8) is 0 Å². The summed E-state index contributed by atoms with van der Waals surface area (Å²) in [5, 5.41) is 2.53. The molecule has 0 aromatic heterocycles. The van der Waals surface area contributed by atoms with E-state index in [1.165, 1.54) is 41.3 Å². The van der Waals surface area contributed by atoms with E-state index in [-0.39, 0.29) is 29.4 Å². The summed E-state index contributed by atoms with van der Waals surface area (Å²) in [4.78, 5) is 25.2. The third kappa shape index (κ3) is 3.75. The molecule has 0 saturated carbocycles. The Morgan fingerprint density at radius 3 is 2.58 bits per heavy atom. The second-order valence-electron chi connectivity index (χ2n) is 6.04. The highest BCUT2D eigenvalue weighted by Gasteiger charge is 2.26. The molecule has 0 bridgehead atoms. The smallest absolute Gasteiger partial charge is 0.231 e. The molecule has 0 aliphatic carbocycles. The van der Waals surface area contributed by atoms with E-state index < -0.39 is 21.6 Å². The summed E-state index contributed by atoms with van der Waals surface area (Å²) in [5.74, 6) is -1.35. The van der Waals surface area contributed by atoms with E-state index in [0.717, 1.165) is 0 Å². The summed E-state index contributed by atoms with van der Waals surface area (Å²) in [7, 11) is -2.02. The number of rotatable bonds is 5. The predicted octanol–water partition coefficient (Wildman–Crippen LogP) is 2.15. The Labute approximate surface area is 150 Å². The minimum atomic E-state index is -3.66. The lowest BCUT2D eigenvalue weighted by Gasteiger charge is -2.11. The summed E-state index contributed by atoms with van der Waals surface area (Å²) in [6.45, 7) is 0. The minimum Gasteiger partial charge on any atom is -0.326 e. The predicted molar refractivity (Wildman–Crippen MR) is 95.3 cm³/mol. The van der Waals surface area contributed by atoms with E-state index in [2.05, 4.69) is 5.32 Å². The molecule has 26 heavy (non-hydrogen) atoms. The highest BCUT2D eigenvalue weighted by atomic mass is 32.2. The van der Waals surface area contributed by atoms with Crippen LogP contribution in [0.2, 0.25) is 0 Å². The summed E-state index contributed by atoms with van der Waals surface area (Å²) >= 11 is 0. The van der Waals surface area contributed by atoms with Crippen LogP contribution in [-0.4, -0.2) is 33.0 Å². The Bertz CT molecular complexity index is 971. The number of likely N-dealkylation sites (N-methyl/N-ethyl adjacent to an activating group) is 1. The first kappa shape index (κ1) is 18.1. The zero-order valence-electron chi connectivity index (χ0n) is 14.0. The van der Waals surface area contributed by atoms with Crippen LogP contribution in [-0.2, 0) is 25.8 Å². The molecule has 0 spiro atoms. The molecule has 1 aliphatic heterocycles. The van der Waals surface area contributed by atoms with Crippen molar-refractivity contribution in [3.8, 4) is 0 Å². The maximum Gasteiger partial charge on any atom is 0.231 e. The zero-order valence-corrected chi connectivity index (χ0v) is 14.8. The number of hydrogen-bond donors (Lipinski definition) is 1. The molecule has 2 aromatic rings. The van der Waals surface area contributed by atoms with E-state index in [0.29, 0.717) is 16.9 Å². The maximum absolute atomic E-state index is 12.8. The second-order valence-corrected chi connectivity index (χ2v) is 8.15. The van der Waals surface area contributed by atoms with Crippen molar-refractivity contribution in [1.29, 1.82) is 0 Å². The molecule has 1 aliphatic rings. The van der Waals surface area contributed by atoms with E-state index in [9.17, 15) is 22.4 Å². The van der Waals surface area contributed by atoms with Crippen LogP contribution in [0.15, 0.2) is 47.4 Å². The maximum atomic E-state index is 12.8. The van der Waals surface area contributed by atoms with Gasteiger partial charge in [0.1, 0.15) is 5.82 Å². The number of amides is 2. The van der Waals surface area contributed by atoms with Crippen LogP contribution in [0, 0.1) is 5.82 Å². The Balaban J connectivity index is 1.66. The number of fused-ring (bicyclic) bond motifs is 1. The number of nitrogens with zero attached hydrogens (tertiary/aromatic N) is 1. The number of sulfone groups is 1. The fourth-order valence-electron chi connectivity index (χ4n) is 2.74. The van der Waals surface area contributed by atoms with Gasteiger partial charge in [0.15, 0.2) is 9.84 Å².